The standard InChI is InChI=1S/C18H35N3O.2ClH/c1-15-6-10-21(11-7-15)16(2)13-20-17(22)12-18(14-19)8-4-3-5-9-18;;/h15-16H,3-14,19H2,1-2H3,(H,20,22);2*1H. The van der Waals surface area contributed by atoms with Crippen molar-refractivity contribution in [1.29, 1.82) is 0 Å². The number of hydrogen-bond acceptors (Lipinski definition) is 3. The molecule has 1 saturated carbocycles. The highest BCUT2D eigenvalue weighted by Gasteiger charge is 2.33. The number of nitrogens with two attached hydrogens (primary N) is 1. The Kier molecular flexibility index (Phi) is 11.5. The molecule has 1 aliphatic heterocycles. The summed E-state index contributed by atoms with van der Waals surface area (Å²) in [5.74, 6) is 1.05. The smallest absolute Gasteiger partial charge is 0.220 e. The summed E-state index contributed by atoms with van der Waals surface area (Å²) in [5, 5.41) is 3.16. The van der Waals surface area contributed by atoms with Gasteiger partial charge in [-0.3, -0.25) is 9.69 Å². The topological polar surface area (TPSA) is 58.4 Å². The molecule has 0 radical (unpaired) electrons. The molecule has 2 fully saturated rings. The Bertz CT molecular complexity index is 354. The zero-order valence-electron chi connectivity index (χ0n) is 15.4. The maximum atomic E-state index is 12.3. The van der Waals surface area contributed by atoms with E-state index in [-0.39, 0.29) is 36.1 Å². The van der Waals surface area contributed by atoms with Gasteiger partial charge >= 0.3 is 0 Å². The fourth-order valence-corrected chi connectivity index (χ4v) is 4.02. The summed E-state index contributed by atoms with van der Waals surface area (Å²) in [4.78, 5) is 14.8. The number of nitrogens with one attached hydrogen (secondary N) is 1. The second-order valence-corrected chi connectivity index (χ2v) is 7.81. The number of carbonyl (C=O) groups is 1. The van der Waals surface area contributed by atoms with Crippen molar-refractivity contribution in [1.82, 2.24) is 10.2 Å². The Labute approximate surface area is 160 Å². The van der Waals surface area contributed by atoms with E-state index in [0.717, 1.165) is 25.3 Å². The van der Waals surface area contributed by atoms with E-state index in [9.17, 15) is 4.79 Å². The average molecular weight is 382 g/mol. The van der Waals surface area contributed by atoms with Crippen LogP contribution < -0.4 is 11.1 Å². The molecule has 1 atom stereocenters. The predicted molar refractivity (Wildman–Crippen MR) is 106 cm³/mol. The number of carbonyl (C=O) groups excluding carboxylic acids is 1. The van der Waals surface area contributed by atoms with Crippen molar-refractivity contribution in [2.45, 2.75) is 71.3 Å². The van der Waals surface area contributed by atoms with Gasteiger partial charge in [0.05, 0.1) is 0 Å². The summed E-state index contributed by atoms with van der Waals surface area (Å²) >= 11 is 0. The molecule has 2 rings (SSSR count). The number of amides is 1. The van der Waals surface area contributed by atoms with E-state index in [2.05, 4.69) is 24.1 Å². The van der Waals surface area contributed by atoms with Gasteiger partial charge in [-0.25, -0.2) is 0 Å². The normalized spacial score (nSPS) is 22.8. The van der Waals surface area contributed by atoms with E-state index in [1.807, 2.05) is 0 Å². The second-order valence-electron chi connectivity index (χ2n) is 7.81. The highest BCUT2D eigenvalue weighted by atomic mass is 35.5. The van der Waals surface area contributed by atoms with Crippen LogP contribution in [0.15, 0.2) is 0 Å². The third-order valence-electron chi connectivity index (χ3n) is 5.92. The highest BCUT2D eigenvalue weighted by molar-refractivity contribution is 5.85. The van der Waals surface area contributed by atoms with Crippen LogP contribution in [0.5, 0.6) is 0 Å². The van der Waals surface area contributed by atoms with Crippen molar-refractivity contribution in [3.8, 4) is 0 Å². The van der Waals surface area contributed by atoms with Gasteiger partial charge in [-0.05, 0) is 63.6 Å². The molecule has 6 heteroatoms. The lowest BCUT2D eigenvalue weighted by Gasteiger charge is -2.37. The van der Waals surface area contributed by atoms with Crippen LogP contribution in [-0.2, 0) is 4.79 Å². The molecule has 0 aromatic rings. The Hall–Kier alpha value is -0.0300. The van der Waals surface area contributed by atoms with Gasteiger partial charge in [0.1, 0.15) is 0 Å². The van der Waals surface area contributed by atoms with E-state index < -0.39 is 0 Å². The van der Waals surface area contributed by atoms with E-state index >= 15 is 0 Å². The van der Waals surface area contributed by atoms with Gasteiger partial charge in [-0.2, -0.15) is 0 Å². The van der Waals surface area contributed by atoms with Crippen LogP contribution >= 0.6 is 24.8 Å². The van der Waals surface area contributed by atoms with Crippen molar-refractivity contribution in [2.24, 2.45) is 17.1 Å². The number of nitrogens with zero attached hydrogens (tertiary/aromatic N) is 1. The Morgan fingerprint density at radius 1 is 1.21 bits per heavy atom. The summed E-state index contributed by atoms with van der Waals surface area (Å²) in [5.41, 5.74) is 6.06. The molecule has 4 nitrogen and oxygen atoms in total. The van der Waals surface area contributed by atoms with E-state index in [1.165, 1.54) is 45.2 Å². The summed E-state index contributed by atoms with van der Waals surface area (Å²) in [6.07, 6.45) is 9.19. The lowest BCUT2D eigenvalue weighted by atomic mass is 9.71. The van der Waals surface area contributed by atoms with Gasteiger partial charge in [-0.1, -0.05) is 26.2 Å². The number of hydrogen-bond donors (Lipinski definition) is 2. The van der Waals surface area contributed by atoms with Gasteiger partial charge in [0.2, 0.25) is 5.91 Å². The van der Waals surface area contributed by atoms with Gasteiger partial charge in [0.15, 0.2) is 0 Å². The molecule has 3 N–H and O–H groups in total. The van der Waals surface area contributed by atoms with Crippen LogP contribution in [0.1, 0.15) is 65.2 Å². The summed E-state index contributed by atoms with van der Waals surface area (Å²) in [6, 6.07) is 0.441. The van der Waals surface area contributed by atoms with Crippen molar-refractivity contribution in [3.63, 3.8) is 0 Å². The first kappa shape index (κ1) is 24.0. The number of piperidine rings is 1. The fraction of sp³-hybridized carbons (Fsp3) is 0.944. The molecule has 1 unspecified atom stereocenters. The van der Waals surface area contributed by atoms with Crippen LogP contribution in [0.4, 0.5) is 0 Å². The minimum Gasteiger partial charge on any atom is -0.355 e. The van der Waals surface area contributed by atoms with Gasteiger partial charge < -0.3 is 11.1 Å². The average Bonchev–Trinajstić information content (AvgIpc) is 2.54. The first-order chi connectivity index (χ1) is 10.5. The zero-order chi connectivity index (χ0) is 16.0. The zero-order valence-corrected chi connectivity index (χ0v) is 17.0. The van der Waals surface area contributed by atoms with Gasteiger partial charge in [0.25, 0.3) is 0 Å². The highest BCUT2D eigenvalue weighted by Crippen LogP contribution is 2.38. The maximum absolute atomic E-state index is 12.3. The van der Waals surface area contributed by atoms with Crippen LogP contribution in [0.2, 0.25) is 0 Å². The fourth-order valence-electron chi connectivity index (χ4n) is 4.02. The molecule has 1 saturated heterocycles. The van der Waals surface area contributed by atoms with Crippen LogP contribution in [-0.4, -0.2) is 43.0 Å². The number of halogens is 2. The quantitative estimate of drug-likeness (QED) is 0.741. The van der Waals surface area contributed by atoms with E-state index in [4.69, 9.17) is 5.73 Å². The lowest BCUT2D eigenvalue weighted by Crippen LogP contribution is -2.46. The number of likely N-dealkylation sites (tertiary alicyclic amines) is 1. The molecule has 24 heavy (non-hydrogen) atoms. The molecule has 2 aliphatic rings. The van der Waals surface area contributed by atoms with E-state index in [1.54, 1.807) is 0 Å². The SMILES string of the molecule is CC1CCN(C(C)CNC(=O)CC2(CN)CCCCC2)CC1.Cl.Cl. The summed E-state index contributed by atoms with van der Waals surface area (Å²) < 4.78 is 0. The minimum absolute atomic E-state index is 0. The maximum Gasteiger partial charge on any atom is 0.220 e. The molecular weight excluding hydrogens is 345 g/mol. The Morgan fingerprint density at radius 2 is 1.79 bits per heavy atom. The molecule has 0 aromatic heterocycles. The number of rotatable bonds is 6. The first-order valence-electron chi connectivity index (χ1n) is 9.25. The van der Waals surface area contributed by atoms with Gasteiger partial charge in [0, 0.05) is 19.0 Å². The third-order valence-corrected chi connectivity index (χ3v) is 5.92. The largest absolute Gasteiger partial charge is 0.355 e. The Morgan fingerprint density at radius 3 is 2.33 bits per heavy atom. The van der Waals surface area contributed by atoms with Crippen LogP contribution in [0.3, 0.4) is 0 Å². The van der Waals surface area contributed by atoms with E-state index in [0.29, 0.717) is 19.0 Å². The molecule has 0 spiro atoms. The molecule has 1 amide bonds. The van der Waals surface area contributed by atoms with Crippen molar-refractivity contribution >= 4 is 30.7 Å². The van der Waals surface area contributed by atoms with Crippen molar-refractivity contribution in [2.75, 3.05) is 26.2 Å². The lowest BCUT2D eigenvalue weighted by molar-refractivity contribution is -0.124. The molecular formula is C18H37Cl2N3O. The van der Waals surface area contributed by atoms with Gasteiger partial charge in [-0.15, -0.1) is 24.8 Å². The third kappa shape index (κ3) is 7.07. The molecule has 0 aromatic carbocycles. The molecule has 1 aliphatic carbocycles. The predicted octanol–water partition coefficient (Wildman–Crippen LogP) is 3.37. The summed E-state index contributed by atoms with van der Waals surface area (Å²) in [7, 11) is 0. The molecule has 0 bridgehead atoms. The Balaban J connectivity index is 0.00000264. The minimum atomic E-state index is 0. The first-order valence-corrected chi connectivity index (χ1v) is 9.25. The molecule has 1 heterocycles. The second kappa shape index (κ2) is 11.6. The van der Waals surface area contributed by atoms with Crippen molar-refractivity contribution in [3.05, 3.63) is 0 Å². The van der Waals surface area contributed by atoms with Crippen molar-refractivity contribution < 1.29 is 4.79 Å². The van der Waals surface area contributed by atoms with Crippen LogP contribution in [0, 0.1) is 11.3 Å². The molecule has 144 valence electrons. The monoisotopic (exact) mass is 381 g/mol. The summed E-state index contributed by atoms with van der Waals surface area (Å²) in [6.45, 7) is 8.33. The van der Waals surface area contributed by atoms with Crippen LogP contribution in [0.25, 0.3) is 0 Å².